The molecule has 93 heavy (non-hydrogen) atoms. The Bertz CT molecular complexity index is 1220. The first-order valence-corrected chi connectivity index (χ1v) is 43.5. The van der Waals surface area contributed by atoms with Crippen molar-refractivity contribution in [3.63, 3.8) is 0 Å². The topological polar surface area (TPSA) is 52.6 Å². The summed E-state index contributed by atoms with van der Waals surface area (Å²) in [6.45, 7) is 16.2. The summed E-state index contributed by atoms with van der Waals surface area (Å²) in [5, 5.41) is 0. The summed E-state index contributed by atoms with van der Waals surface area (Å²) >= 11 is 0. The number of carbonyl (C=O) groups is 2. The number of unbranched alkanes of at least 4 members (excludes halogenated alkanes) is 67. The van der Waals surface area contributed by atoms with E-state index in [4.69, 9.17) is 9.47 Å². The highest BCUT2D eigenvalue weighted by Crippen LogP contribution is 2.21. The second-order valence-corrected chi connectivity index (χ2v) is 30.4. The van der Waals surface area contributed by atoms with Gasteiger partial charge in [0.1, 0.15) is 13.2 Å². The fraction of sp³-hybridized carbons (Fsp3) is 0.977. The van der Waals surface area contributed by atoms with E-state index in [9.17, 15) is 9.59 Å². The van der Waals surface area contributed by atoms with Crippen LogP contribution in [0, 0.1) is 0 Å². The quantitative estimate of drug-likeness (QED) is 0.0346. The number of ether oxygens (including phenoxy) is 2. The van der Waals surface area contributed by atoms with E-state index in [0.29, 0.717) is 12.8 Å². The van der Waals surface area contributed by atoms with Crippen molar-refractivity contribution >= 4 is 11.9 Å². The normalized spacial score (nSPS) is 11.5. The van der Waals surface area contributed by atoms with Crippen LogP contribution in [0.5, 0.6) is 0 Å². The molecular weight excluding hydrogens is 1160 g/mol. The summed E-state index contributed by atoms with van der Waals surface area (Å²) in [4.78, 5) is 23.8. The van der Waals surface area contributed by atoms with Gasteiger partial charge >= 0.3 is 11.9 Å². The SMILES string of the molecule is CCCCCCCCCCCCCCCCCC(=O)OCCOC(=O)CCCCCCCCCCCCCCCCC.CCCCCCCCCCCCCCCC[N+](C)(CCCCCCCCCCCCCCCC)CCCCCCCCCCCCCCCC.[Cl-]. The van der Waals surface area contributed by atoms with Crippen molar-refractivity contribution in [2.45, 2.75) is 510 Å². The van der Waals surface area contributed by atoms with Gasteiger partial charge in [-0.15, -0.1) is 0 Å². The van der Waals surface area contributed by atoms with Crippen molar-refractivity contribution in [2.75, 3.05) is 39.9 Å². The molecule has 0 aliphatic rings. The van der Waals surface area contributed by atoms with Gasteiger partial charge in [-0.25, -0.2) is 0 Å². The maximum Gasteiger partial charge on any atom is 0.305 e. The maximum atomic E-state index is 11.9. The molecule has 0 heterocycles. The number of halogens is 1. The smallest absolute Gasteiger partial charge is 0.305 e. The molecule has 0 atom stereocenters. The largest absolute Gasteiger partial charge is 1.00 e. The molecule has 0 amide bonds. The number of rotatable bonds is 80. The van der Waals surface area contributed by atoms with Gasteiger partial charge in [0.2, 0.25) is 0 Å². The van der Waals surface area contributed by atoms with Gasteiger partial charge in [-0.2, -0.15) is 0 Å². The van der Waals surface area contributed by atoms with Gasteiger partial charge < -0.3 is 26.4 Å². The van der Waals surface area contributed by atoms with Gasteiger partial charge in [0.05, 0.1) is 26.7 Å². The molecule has 0 rings (SSSR count). The lowest BCUT2D eigenvalue weighted by atomic mass is 10.0. The highest BCUT2D eigenvalue weighted by atomic mass is 35.5. The summed E-state index contributed by atoms with van der Waals surface area (Å²) in [5.41, 5.74) is 0. The van der Waals surface area contributed by atoms with E-state index in [1.54, 1.807) is 0 Å². The lowest BCUT2D eigenvalue weighted by Crippen LogP contribution is -3.00. The van der Waals surface area contributed by atoms with E-state index in [-0.39, 0.29) is 37.6 Å². The number of esters is 2. The van der Waals surface area contributed by atoms with E-state index in [2.05, 4.69) is 41.7 Å². The standard InChI is InChI=1S/C49H102N.C38H74O4.ClH/c1-5-8-11-14-17-20-23-26-29-32-35-38-41-44-47-50(4,48-45-42-39-36-33-30-27-24-21-18-15-12-9-6-2)49-46-43-40-37-34-31-28-25-22-19-16-13-10-7-3;1-3-5-7-9-11-13-15-17-19-21-23-25-27-29-31-33-37(39)41-35-36-42-38(40)34-32-30-28-26-24-22-20-18-16-14-12-10-8-6-4-2;/h5-49H2,1-4H3;3-36H2,1-2H3;1H/q+1;;/p-1. The molecule has 0 aliphatic carbocycles. The first-order chi connectivity index (χ1) is 45.4. The summed E-state index contributed by atoms with van der Waals surface area (Å²) < 4.78 is 11.8. The Kier molecular flexibility index (Phi) is 90.4. The molecule has 0 aromatic heterocycles. The summed E-state index contributed by atoms with van der Waals surface area (Å²) in [6.07, 6.45) is 102. The molecule has 0 saturated heterocycles. The van der Waals surface area contributed by atoms with Crippen LogP contribution in [0.2, 0.25) is 0 Å². The number of carbonyl (C=O) groups excluding carboxylic acids is 2. The Morgan fingerprint density at radius 2 is 0.312 bits per heavy atom. The Morgan fingerprint density at radius 1 is 0.194 bits per heavy atom. The van der Waals surface area contributed by atoms with E-state index >= 15 is 0 Å². The van der Waals surface area contributed by atoms with Gasteiger partial charge in [-0.3, -0.25) is 9.59 Å². The minimum atomic E-state index is -0.164. The first-order valence-electron chi connectivity index (χ1n) is 43.5. The highest BCUT2D eigenvalue weighted by molar-refractivity contribution is 5.70. The van der Waals surface area contributed by atoms with E-state index in [0.717, 1.165) is 25.7 Å². The van der Waals surface area contributed by atoms with Crippen LogP contribution >= 0.6 is 0 Å². The second kappa shape index (κ2) is 87.3. The number of quaternary nitrogens is 1. The van der Waals surface area contributed by atoms with Crippen molar-refractivity contribution in [3.05, 3.63) is 0 Å². The summed E-state index contributed by atoms with van der Waals surface area (Å²) in [6, 6.07) is 0. The number of nitrogens with zero attached hydrogens (tertiary/aromatic N) is 1. The fourth-order valence-corrected chi connectivity index (χ4v) is 14.1. The maximum absolute atomic E-state index is 11.9. The van der Waals surface area contributed by atoms with Crippen molar-refractivity contribution < 1.29 is 36.0 Å². The summed E-state index contributed by atoms with van der Waals surface area (Å²) in [7, 11) is 2.63. The summed E-state index contributed by atoms with van der Waals surface area (Å²) in [5.74, 6) is -0.327. The zero-order chi connectivity index (χ0) is 66.9. The zero-order valence-electron chi connectivity index (χ0n) is 65.3. The van der Waals surface area contributed by atoms with Crippen LogP contribution in [0.4, 0.5) is 0 Å². The van der Waals surface area contributed by atoms with E-state index < -0.39 is 0 Å². The van der Waals surface area contributed by atoms with Crippen LogP contribution in [0.1, 0.15) is 510 Å². The van der Waals surface area contributed by atoms with Gasteiger partial charge in [0.25, 0.3) is 0 Å². The third kappa shape index (κ3) is 87.2. The molecule has 0 N–H and O–H groups in total. The molecule has 0 unspecified atom stereocenters. The third-order valence-electron chi connectivity index (χ3n) is 20.7. The first kappa shape index (κ1) is 96.4. The minimum absolute atomic E-state index is 0. The lowest BCUT2D eigenvalue weighted by Gasteiger charge is -2.35. The molecule has 0 radical (unpaired) electrons. The molecular formula is C87H176ClNO4. The van der Waals surface area contributed by atoms with Crippen LogP contribution in [0.25, 0.3) is 0 Å². The Morgan fingerprint density at radius 3 is 0.452 bits per heavy atom. The van der Waals surface area contributed by atoms with Crippen LogP contribution in [-0.4, -0.2) is 56.3 Å². The number of hydrogen-bond donors (Lipinski definition) is 0. The Hall–Kier alpha value is -0.810. The van der Waals surface area contributed by atoms with Gasteiger partial charge in [-0.1, -0.05) is 446 Å². The Labute approximate surface area is 594 Å². The molecule has 6 heteroatoms. The van der Waals surface area contributed by atoms with Crippen LogP contribution in [-0.2, 0) is 19.1 Å². The average molecular weight is 1340 g/mol. The molecule has 0 aromatic carbocycles. The molecule has 0 fully saturated rings. The molecule has 0 aliphatic heterocycles. The van der Waals surface area contributed by atoms with Crippen molar-refractivity contribution in [1.82, 2.24) is 0 Å². The highest BCUT2D eigenvalue weighted by Gasteiger charge is 2.20. The minimum Gasteiger partial charge on any atom is -1.00 e. The zero-order valence-corrected chi connectivity index (χ0v) is 66.1. The van der Waals surface area contributed by atoms with Gasteiger partial charge in [0.15, 0.2) is 0 Å². The molecule has 0 spiro atoms. The monoisotopic (exact) mass is 1330 g/mol. The van der Waals surface area contributed by atoms with E-state index in [1.807, 2.05) is 0 Å². The molecule has 0 saturated carbocycles. The lowest BCUT2D eigenvalue weighted by molar-refractivity contribution is -0.910. The van der Waals surface area contributed by atoms with E-state index in [1.165, 1.54) is 461 Å². The van der Waals surface area contributed by atoms with Crippen molar-refractivity contribution in [1.29, 1.82) is 0 Å². The molecule has 560 valence electrons. The molecule has 0 bridgehead atoms. The van der Waals surface area contributed by atoms with Gasteiger partial charge in [0, 0.05) is 12.8 Å². The van der Waals surface area contributed by atoms with Crippen LogP contribution in [0.15, 0.2) is 0 Å². The van der Waals surface area contributed by atoms with Crippen molar-refractivity contribution in [3.8, 4) is 0 Å². The second-order valence-electron chi connectivity index (χ2n) is 30.4. The molecule has 0 aromatic rings. The van der Waals surface area contributed by atoms with Crippen LogP contribution < -0.4 is 12.4 Å². The predicted octanol–water partition coefficient (Wildman–Crippen LogP) is 27.5. The van der Waals surface area contributed by atoms with Crippen LogP contribution in [0.3, 0.4) is 0 Å². The predicted molar refractivity (Wildman–Crippen MR) is 413 cm³/mol. The van der Waals surface area contributed by atoms with Gasteiger partial charge in [-0.05, 0) is 51.4 Å². The number of hydrogen-bond acceptors (Lipinski definition) is 4. The average Bonchev–Trinajstić information content (AvgIpc) is 3.47. The fourth-order valence-electron chi connectivity index (χ4n) is 14.1. The Balaban J connectivity index is -0.00000175. The third-order valence-corrected chi connectivity index (χ3v) is 20.7. The van der Waals surface area contributed by atoms with Crippen molar-refractivity contribution in [2.24, 2.45) is 0 Å². The molecule has 5 nitrogen and oxygen atoms in total.